The highest BCUT2D eigenvalue weighted by Crippen LogP contribution is 2.32. The van der Waals surface area contributed by atoms with E-state index in [0.717, 1.165) is 0 Å². The van der Waals surface area contributed by atoms with E-state index in [-0.39, 0.29) is 22.2 Å². The van der Waals surface area contributed by atoms with Crippen LogP contribution in [0.25, 0.3) is 0 Å². The molecule has 0 heterocycles. The van der Waals surface area contributed by atoms with Gasteiger partial charge in [-0.1, -0.05) is 23.2 Å². The van der Waals surface area contributed by atoms with Crippen LogP contribution in [0.4, 0.5) is 10.1 Å². The van der Waals surface area contributed by atoms with Gasteiger partial charge in [0.2, 0.25) is 0 Å². The second kappa shape index (κ2) is 4.68. The van der Waals surface area contributed by atoms with Crippen LogP contribution in [-0.4, -0.2) is 13.1 Å². The molecule has 0 saturated carbocycles. The molecule has 0 aliphatic carbocycles. The summed E-state index contributed by atoms with van der Waals surface area (Å²) in [6.07, 6.45) is -0.0977. The topological polar surface area (TPSA) is 52.3 Å². The van der Waals surface area contributed by atoms with Gasteiger partial charge in [0.15, 0.2) is 5.82 Å². The molecule has 6 heteroatoms. The molecule has 2 N–H and O–H groups in total. The molecule has 0 aliphatic rings. The number of nitrogen functional groups attached to an aromatic ring is 1. The molecule has 0 radical (unpaired) electrons. The lowest BCUT2D eigenvalue weighted by Gasteiger charge is -2.07. The summed E-state index contributed by atoms with van der Waals surface area (Å²) >= 11 is 11.3. The number of esters is 1. The fourth-order valence-corrected chi connectivity index (χ4v) is 1.47. The first-order valence-electron chi connectivity index (χ1n) is 3.96. The van der Waals surface area contributed by atoms with Crippen molar-refractivity contribution in [3.8, 4) is 0 Å². The second-order valence-electron chi connectivity index (χ2n) is 2.82. The first kappa shape index (κ1) is 12.1. The summed E-state index contributed by atoms with van der Waals surface area (Å²) in [5, 5.41) is -0.302. The van der Waals surface area contributed by atoms with E-state index in [4.69, 9.17) is 28.9 Å². The zero-order chi connectivity index (χ0) is 11.6. The molecule has 1 aromatic rings. The number of carbonyl (C=O) groups excluding carboxylic acids is 1. The normalized spacial score (nSPS) is 10.1. The smallest absolute Gasteiger partial charge is 0.310 e. The number of hydrogen-bond donors (Lipinski definition) is 1. The molecule has 15 heavy (non-hydrogen) atoms. The molecule has 1 rings (SSSR count). The predicted molar refractivity (Wildman–Crippen MR) is 56.6 cm³/mol. The Kier molecular flexibility index (Phi) is 3.77. The number of ether oxygens (including phenoxy) is 1. The molecule has 1 aromatic carbocycles. The zero-order valence-corrected chi connectivity index (χ0v) is 9.32. The van der Waals surface area contributed by atoms with Gasteiger partial charge in [-0.3, -0.25) is 4.79 Å². The van der Waals surface area contributed by atoms with Crippen LogP contribution >= 0.6 is 23.2 Å². The van der Waals surface area contributed by atoms with E-state index in [1.54, 1.807) is 0 Å². The molecular weight excluding hydrogens is 244 g/mol. The van der Waals surface area contributed by atoms with E-state index >= 15 is 0 Å². The summed E-state index contributed by atoms with van der Waals surface area (Å²) in [5.74, 6) is -1.28. The minimum atomic E-state index is -0.782. The summed E-state index contributed by atoms with van der Waals surface area (Å²) in [4.78, 5) is 11.0. The lowest BCUT2D eigenvalue weighted by Crippen LogP contribution is -2.06. The SMILES string of the molecule is COC(=O)Cc1cc(N)c(F)c(Cl)c1Cl. The Labute approximate surface area is 95.9 Å². The van der Waals surface area contributed by atoms with Gasteiger partial charge in [-0.05, 0) is 11.6 Å². The third-order valence-corrected chi connectivity index (χ3v) is 2.70. The van der Waals surface area contributed by atoms with Crippen LogP contribution in [0.15, 0.2) is 6.07 Å². The van der Waals surface area contributed by atoms with Gasteiger partial charge < -0.3 is 10.5 Å². The highest BCUT2D eigenvalue weighted by molar-refractivity contribution is 6.42. The molecule has 3 nitrogen and oxygen atoms in total. The average molecular weight is 252 g/mol. The quantitative estimate of drug-likeness (QED) is 0.499. The Morgan fingerprint density at radius 3 is 2.67 bits per heavy atom. The van der Waals surface area contributed by atoms with Crippen molar-refractivity contribution in [1.82, 2.24) is 0 Å². The van der Waals surface area contributed by atoms with E-state index in [2.05, 4.69) is 4.74 Å². The minimum absolute atomic E-state index is 0.0197. The molecule has 0 aliphatic heterocycles. The number of methoxy groups -OCH3 is 1. The molecule has 82 valence electrons. The lowest BCUT2D eigenvalue weighted by atomic mass is 10.1. The summed E-state index contributed by atoms with van der Waals surface area (Å²) in [6.45, 7) is 0. The maximum Gasteiger partial charge on any atom is 0.310 e. The molecule has 0 unspecified atom stereocenters. The molecule has 0 bridgehead atoms. The number of benzene rings is 1. The Hall–Kier alpha value is -1.00. The van der Waals surface area contributed by atoms with Crippen molar-refractivity contribution in [3.05, 3.63) is 27.5 Å². The summed E-state index contributed by atoms with van der Waals surface area (Å²) < 4.78 is 17.6. The maximum absolute atomic E-state index is 13.1. The third-order valence-electron chi connectivity index (χ3n) is 1.81. The van der Waals surface area contributed by atoms with Crippen LogP contribution in [0, 0.1) is 5.82 Å². The van der Waals surface area contributed by atoms with E-state index in [9.17, 15) is 9.18 Å². The van der Waals surface area contributed by atoms with E-state index in [0.29, 0.717) is 5.56 Å². The summed E-state index contributed by atoms with van der Waals surface area (Å²) in [6, 6.07) is 1.26. The Bertz CT molecular complexity index is 410. The predicted octanol–water partition coefficient (Wildman–Crippen LogP) is 2.43. The van der Waals surface area contributed by atoms with Gasteiger partial charge in [-0.25, -0.2) is 4.39 Å². The van der Waals surface area contributed by atoms with Crippen LogP contribution in [0.2, 0.25) is 10.0 Å². The number of hydrogen-bond acceptors (Lipinski definition) is 3. The van der Waals surface area contributed by atoms with Crippen LogP contribution in [0.3, 0.4) is 0 Å². The Balaban J connectivity index is 3.15. The first-order chi connectivity index (χ1) is 6.97. The van der Waals surface area contributed by atoms with Crippen LogP contribution in [0.1, 0.15) is 5.56 Å². The van der Waals surface area contributed by atoms with Crippen LogP contribution in [-0.2, 0) is 16.0 Å². The minimum Gasteiger partial charge on any atom is -0.469 e. The lowest BCUT2D eigenvalue weighted by molar-refractivity contribution is -0.139. The standard InChI is InChI=1S/C9H8Cl2FNO2/c1-15-6(14)3-4-2-5(13)9(12)8(11)7(4)10/h2H,3,13H2,1H3. The van der Waals surface area contributed by atoms with Crippen molar-refractivity contribution in [1.29, 1.82) is 0 Å². The van der Waals surface area contributed by atoms with Gasteiger partial charge in [0.05, 0.1) is 29.3 Å². The van der Waals surface area contributed by atoms with E-state index in [1.807, 2.05) is 0 Å². The van der Waals surface area contributed by atoms with Gasteiger partial charge in [0.1, 0.15) is 0 Å². The molecule has 0 saturated heterocycles. The maximum atomic E-state index is 13.1. The number of halogens is 3. The van der Waals surface area contributed by atoms with Crippen molar-refractivity contribution in [2.45, 2.75) is 6.42 Å². The molecule has 0 fully saturated rings. The molecule has 0 aromatic heterocycles. The number of carbonyl (C=O) groups is 1. The largest absolute Gasteiger partial charge is 0.469 e. The van der Waals surface area contributed by atoms with Crippen molar-refractivity contribution in [2.24, 2.45) is 0 Å². The molecule has 0 spiro atoms. The van der Waals surface area contributed by atoms with Gasteiger partial charge in [-0.2, -0.15) is 0 Å². The van der Waals surface area contributed by atoms with E-state index in [1.165, 1.54) is 13.2 Å². The Morgan fingerprint density at radius 1 is 1.53 bits per heavy atom. The van der Waals surface area contributed by atoms with Gasteiger partial charge >= 0.3 is 5.97 Å². The first-order valence-corrected chi connectivity index (χ1v) is 4.71. The van der Waals surface area contributed by atoms with Gasteiger partial charge in [0, 0.05) is 0 Å². The highest BCUT2D eigenvalue weighted by Gasteiger charge is 2.16. The highest BCUT2D eigenvalue weighted by atomic mass is 35.5. The van der Waals surface area contributed by atoms with Crippen molar-refractivity contribution in [3.63, 3.8) is 0 Å². The number of anilines is 1. The summed E-state index contributed by atoms with van der Waals surface area (Å²) in [5.41, 5.74) is 5.53. The van der Waals surface area contributed by atoms with Crippen LogP contribution in [0.5, 0.6) is 0 Å². The molecule has 0 atom stereocenters. The third kappa shape index (κ3) is 2.52. The van der Waals surface area contributed by atoms with Crippen LogP contribution < -0.4 is 5.73 Å². The fourth-order valence-electron chi connectivity index (χ4n) is 1.03. The van der Waals surface area contributed by atoms with Crippen molar-refractivity contribution >= 4 is 34.9 Å². The fraction of sp³-hybridized carbons (Fsp3) is 0.222. The average Bonchev–Trinajstić information content (AvgIpc) is 2.22. The molecular formula is C9H8Cl2FNO2. The van der Waals surface area contributed by atoms with Crippen molar-refractivity contribution < 1.29 is 13.9 Å². The zero-order valence-electron chi connectivity index (χ0n) is 7.81. The van der Waals surface area contributed by atoms with Gasteiger partial charge in [0.25, 0.3) is 0 Å². The Morgan fingerprint density at radius 2 is 2.13 bits per heavy atom. The van der Waals surface area contributed by atoms with Gasteiger partial charge in [-0.15, -0.1) is 0 Å². The van der Waals surface area contributed by atoms with E-state index < -0.39 is 11.8 Å². The number of nitrogens with two attached hydrogens (primary N) is 1. The summed E-state index contributed by atoms with van der Waals surface area (Å²) in [7, 11) is 1.24. The second-order valence-corrected chi connectivity index (χ2v) is 3.58. The molecule has 0 amide bonds. The van der Waals surface area contributed by atoms with Crippen molar-refractivity contribution in [2.75, 3.05) is 12.8 Å². The monoisotopic (exact) mass is 251 g/mol. The number of rotatable bonds is 2.